The summed E-state index contributed by atoms with van der Waals surface area (Å²) in [6.07, 6.45) is 5.38. The van der Waals surface area contributed by atoms with Crippen LogP contribution >= 0.6 is 0 Å². The van der Waals surface area contributed by atoms with Gasteiger partial charge in [-0.3, -0.25) is 0 Å². The third-order valence-electron chi connectivity index (χ3n) is 3.34. The van der Waals surface area contributed by atoms with Crippen molar-refractivity contribution in [3.05, 3.63) is 11.9 Å². The molecule has 1 aliphatic carbocycles. The summed E-state index contributed by atoms with van der Waals surface area (Å²) >= 11 is 0. The summed E-state index contributed by atoms with van der Waals surface area (Å²) in [4.78, 5) is 8.41. The van der Waals surface area contributed by atoms with Crippen molar-refractivity contribution in [2.24, 2.45) is 5.92 Å². The van der Waals surface area contributed by atoms with Gasteiger partial charge in [0.2, 0.25) is 0 Å². The maximum absolute atomic E-state index is 5.70. The Morgan fingerprint density at radius 1 is 1.38 bits per heavy atom. The minimum Gasteiger partial charge on any atom is -0.384 e. The van der Waals surface area contributed by atoms with Crippen LogP contribution < -0.4 is 11.1 Å². The molecule has 1 heterocycles. The molecular formula is C12H20N4. The zero-order valence-corrected chi connectivity index (χ0v) is 10.0. The number of nitrogens with zero attached hydrogens (tertiary/aromatic N) is 2. The Labute approximate surface area is 96.7 Å². The number of rotatable bonds is 3. The second kappa shape index (κ2) is 4.68. The fraction of sp³-hybridized carbons (Fsp3) is 0.667. The first-order valence-corrected chi connectivity index (χ1v) is 6.03. The van der Waals surface area contributed by atoms with Crippen molar-refractivity contribution in [2.45, 2.75) is 45.6 Å². The highest BCUT2D eigenvalue weighted by molar-refractivity contribution is 5.45. The van der Waals surface area contributed by atoms with Crippen LogP contribution in [0.15, 0.2) is 6.07 Å². The van der Waals surface area contributed by atoms with Gasteiger partial charge in [0.1, 0.15) is 17.5 Å². The predicted molar refractivity (Wildman–Crippen MR) is 66.2 cm³/mol. The molecule has 0 aromatic carbocycles. The Kier molecular flexibility index (Phi) is 3.27. The molecule has 1 fully saturated rings. The van der Waals surface area contributed by atoms with Gasteiger partial charge in [-0.1, -0.05) is 12.8 Å². The van der Waals surface area contributed by atoms with E-state index in [0.717, 1.165) is 17.6 Å². The third kappa shape index (κ3) is 2.62. The predicted octanol–water partition coefficient (Wildman–Crippen LogP) is 2.36. The maximum atomic E-state index is 5.70. The number of anilines is 2. The lowest BCUT2D eigenvalue weighted by Crippen LogP contribution is -2.24. The van der Waals surface area contributed by atoms with Crippen LogP contribution in [0.2, 0.25) is 0 Å². The molecule has 1 atom stereocenters. The summed E-state index contributed by atoms with van der Waals surface area (Å²) in [5.74, 6) is 2.88. The van der Waals surface area contributed by atoms with E-state index in [1.165, 1.54) is 25.7 Å². The van der Waals surface area contributed by atoms with E-state index in [9.17, 15) is 0 Å². The highest BCUT2D eigenvalue weighted by Gasteiger charge is 2.21. The van der Waals surface area contributed by atoms with Crippen LogP contribution in [0.25, 0.3) is 0 Å². The van der Waals surface area contributed by atoms with E-state index < -0.39 is 0 Å². The summed E-state index contributed by atoms with van der Waals surface area (Å²) in [6.45, 7) is 4.09. The molecule has 0 amide bonds. The number of aromatic nitrogens is 2. The van der Waals surface area contributed by atoms with Crippen LogP contribution in [-0.4, -0.2) is 16.0 Å². The highest BCUT2D eigenvalue weighted by atomic mass is 15.1. The smallest absolute Gasteiger partial charge is 0.132 e. The van der Waals surface area contributed by atoms with Gasteiger partial charge in [0, 0.05) is 12.1 Å². The molecule has 0 aliphatic heterocycles. The molecule has 1 aromatic rings. The third-order valence-corrected chi connectivity index (χ3v) is 3.34. The first-order valence-electron chi connectivity index (χ1n) is 6.03. The van der Waals surface area contributed by atoms with Crippen molar-refractivity contribution in [1.29, 1.82) is 0 Å². The number of nitrogens with two attached hydrogens (primary N) is 1. The molecule has 1 aliphatic rings. The van der Waals surface area contributed by atoms with Gasteiger partial charge in [-0.2, -0.15) is 0 Å². The number of nitrogen functional groups attached to an aromatic ring is 1. The summed E-state index contributed by atoms with van der Waals surface area (Å²) in [6, 6.07) is 2.27. The fourth-order valence-electron chi connectivity index (χ4n) is 2.47. The van der Waals surface area contributed by atoms with Crippen LogP contribution in [-0.2, 0) is 0 Å². The van der Waals surface area contributed by atoms with Crippen molar-refractivity contribution in [3.63, 3.8) is 0 Å². The van der Waals surface area contributed by atoms with E-state index in [-0.39, 0.29) is 0 Å². The number of hydrogen-bond donors (Lipinski definition) is 2. The molecule has 0 radical (unpaired) electrons. The average molecular weight is 220 g/mol. The molecule has 88 valence electrons. The molecule has 2 rings (SSSR count). The van der Waals surface area contributed by atoms with E-state index in [4.69, 9.17) is 5.73 Å². The molecule has 3 N–H and O–H groups in total. The zero-order chi connectivity index (χ0) is 11.5. The van der Waals surface area contributed by atoms with Gasteiger partial charge < -0.3 is 11.1 Å². The highest BCUT2D eigenvalue weighted by Crippen LogP contribution is 2.29. The lowest BCUT2D eigenvalue weighted by atomic mass is 10.00. The Morgan fingerprint density at radius 3 is 2.69 bits per heavy atom. The average Bonchev–Trinajstić information content (AvgIpc) is 2.68. The Hall–Kier alpha value is -1.32. The lowest BCUT2D eigenvalue weighted by molar-refractivity contribution is 0.481. The quantitative estimate of drug-likeness (QED) is 0.820. The van der Waals surface area contributed by atoms with E-state index in [1.807, 2.05) is 6.92 Å². The first-order chi connectivity index (χ1) is 7.65. The van der Waals surface area contributed by atoms with Gasteiger partial charge in [-0.15, -0.1) is 0 Å². The number of hydrogen-bond acceptors (Lipinski definition) is 4. The summed E-state index contributed by atoms with van der Waals surface area (Å²) in [5.41, 5.74) is 5.70. The molecule has 0 spiro atoms. The lowest BCUT2D eigenvalue weighted by Gasteiger charge is -2.21. The largest absolute Gasteiger partial charge is 0.384 e. The summed E-state index contributed by atoms with van der Waals surface area (Å²) < 4.78 is 0. The zero-order valence-electron chi connectivity index (χ0n) is 10.0. The van der Waals surface area contributed by atoms with Crippen molar-refractivity contribution < 1.29 is 0 Å². The van der Waals surface area contributed by atoms with Crippen molar-refractivity contribution in [3.8, 4) is 0 Å². The van der Waals surface area contributed by atoms with Gasteiger partial charge in [-0.05, 0) is 32.6 Å². The molecule has 4 nitrogen and oxygen atoms in total. The van der Waals surface area contributed by atoms with Gasteiger partial charge >= 0.3 is 0 Å². The van der Waals surface area contributed by atoms with E-state index in [0.29, 0.717) is 11.9 Å². The van der Waals surface area contributed by atoms with Crippen LogP contribution in [0.1, 0.15) is 38.4 Å². The van der Waals surface area contributed by atoms with E-state index >= 15 is 0 Å². The standard InChI is InChI=1S/C12H20N4/c1-8(10-5-3-4-6-10)14-12-7-11(13)15-9(2)16-12/h7-8,10H,3-6H2,1-2H3,(H3,13,14,15,16). The van der Waals surface area contributed by atoms with Gasteiger partial charge in [0.25, 0.3) is 0 Å². The van der Waals surface area contributed by atoms with Crippen molar-refractivity contribution in [2.75, 3.05) is 11.1 Å². The van der Waals surface area contributed by atoms with Gasteiger partial charge in [0.05, 0.1) is 0 Å². The van der Waals surface area contributed by atoms with E-state index in [1.54, 1.807) is 6.07 Å². The molecule has 0 bridgehead atoms. The van der Waals surface area contributed by atoms with Crippen LogP contribution in [0.3, 0.4) is 0 Å². The first kappa shape index (κ1) is 11.2. The number of nitrogens with one attached hydrogen (secondary N) is 1. The van der Waals surface area contributed by atoms with Crippen LogP contribution in [0.4, 0.5) is 11.6 Å². The second-order valence-electron chi connectivity index (χ2n) is 4.70. The molecule has 16 heavy (non-hydrogen) atoms. The SMILES string of the molecule is Cc1nc(N)cc(NC(C)C2CCCC2)n1. The van der Waals surface area contributed by atoms with Crippen molar-refractivity contribution >= 4 is 11.6 Å². The Bertz CT molecular complexity index is 338. The topological polar surface area (TPSA) is 63.8 Å². The normalized spacial score (nSPS) is 18.6. The van der Waals surface area contributed by atoms with Crippen LogP contribution in [0, 0.1) is 12.8 Å². The van der Waals surface area contributed by atoms with Gasteiger partial charge in [0.15, 0.2) is 0 Å². The second-order valence-corrected chi connectivity index (χ2v) is 4.70. The maximum Gasteiger partial charge on any atom is 0.132 e. The summed E-state index contributed by atoms with van der Waals surface area (Å²) in [5, 5.41) is 3.43. The molecule has 1 unspecified atom stereocenters. The molecule has 1 saturated carbocycles. The Morgan fingerprint density at radius 2 is 2.06 bits per heavy atom. The minimum absolute atomic E-state index is 0.469. The molecule has 1 aromatic heterocycles. The fourth-order valence-corrected chi connectivity index (χ4v) is 2.47. The molecular weight excluding hydrogens is 200 g/mol. The van der Waals surface area contributed by atoms with E-state index in [2.05, 4.69) is 22.2 Å². The number of aryl methyl sites for hydroxylation is 1. The van der Waals surface area contributed by atoms with Gasteiger partial charge in [-0.25, -0.2) is 9.97 Å². The monoisotopic (exact) mass is 220 g/mol. The molecule has 4 heteroatoms. The summed E-state index contributed by atoms with van der Waals surface area (Å²) in [7, 11) is 0. The Balaban J connectivity index is 2.02. The minimum atomic E-state index is 0.469. The molecule has 0 saturated heterocycles. The van der Waals surface area contributed by atoms with Crippen LogP contribution in [0.5, 0.6) is 0 Å². The van der Waals surface area contributed by atoms with Crippen molar-refractivity contribution in [1.82, 2.24) is 9.97 Å².